The molecule has 2 aromatic carbocycles. The van der Waals surface area contributed by atoms with E-state index in [4.69, 9.17) is 18.9 Å². The molecule has 0 aliphatic carbocycles. The predicted molar refractivity (Wildman–Crippen MR) is 325 cm³/mol. The van der Waals surface area contributed by atoms with Crippen molar-refractivity contribution in [2.24, 2.45) is 0 Å². The Hall–Kier alpha value is -3.94. The van der Waals surface area contributed by atoms with Crippen molar-refractivity contribution in [3.8, 4) is 23.0 Å². The average molecular weight is 1060 g/mol. The first-order valence-corrected chi connectivity index (χ1v) is 32.2. The lowest BCUT2D eigenvalue weighted by Crippen LogP contribution is -2.20. The van der Waals surface area contributed by atoms with Gasteiger partial charge in [-0.3, -0.25) is 9.59 Å². The second-order valence-corrected chi connectivity index (χ2v) is 21.7. The van der Waals surface area contributed by atoms with Gasteiger partial charge >= 0.3 is 0 Å². The van der Waals surface area contributed by atoms with Gasteiger partial charge in [0.15, 0.2) is 34.6 Å². The quantitative estimate of drug-likeness (QED) is 0.0384. The van der Waals surface area contributed by atoms with Gasteiger partial charge in [0.1, 0.15) is 0 Å². The number of benzene rings is 2. The Labute approximate surface area is 467 Å². The van der Waals surface area contributed by atoms with Crippen LogP contribution in [0.1, 0.15) is 305 Å². The van der Waals surface area contributed by atoms with Crippen LogP contribution in [0.4, 0.5) is 0 Å². The van der Waals surface area contributed by atoms with E-state index in [1.807, 2.05) is 36.4 Å². The SMILES string of the molecule is CCCCCCCCCCCCOc1ccc(C(=O)/C=C/NCCN/C=C/C(=O)c2ccc(OCCCCCCCCCCCC)c(OCCCCCCCCCCCC)c2)cc1OCCCCCCCCCCCC. The summed E-state index contributed by atoms with van der Waals surface area (Å²) in [5, 5.41) is 6.41. The fraction of sp³-hybridized carbons (Fsp3) is 0.735. The number of rotatable bonds is 57. The van der Waals surface area contributed by atoms with Crippen LogP contribution >= 0.6 is 0 Å². The summed E-state index contributed by atoms with van der Waals surface area (Å²) >= 11 is 0. The van der Waals surface area contributed by atoms with Gasteiger partial charge in [-0.05, 0) is 62.1 Å². The van der Waals surface area contributed by atoms with E-state index < -0.39 is 0 Å². The van der Waals surface area contributed by atoms with E-state index in [1.54, 1.807) is 24.6 Å². The van der Waals surface area contributed by atoms with Crippen molar-refractivity contribution >= 4 is 11.6 Å². The molecular formula is C68H116N2O6. The van der Waals surface area contributed by atoms with Crippen molar-refractivity contribution in [1.82, 2.24) is 10.6 Å². The van der Waals surface area contributed by atoms with Crippen molar-refractivity contribution in [3.05, 3.63) is 72.1 Å². The summed E-state index contributed by atoms with van der Waals surface area (Å²) < 4.78 is 25.1. The normalized spacial score (nSPS) is 11.5. The molecule has 0 aromatic heterocycles. The van der Waals surface area contributed by atoms with E-state index >= 15 is 0 Å². The summed E-state index contributed by atoms with van der Waals surface area (Å²) in [7, 11) is 0. The lowest BCUT2D eigenvalue weighted by atomic mass is 10.1. The predicted octanol–water partition coefficient (Wildman–Crippen LogP) is 20.2. The average Bonchev–Trinajstić information content (AvgIpc) is 3.43. The van der Waals surface area contributed by atoms with Crippen molar-refractivity contribution in [2.75, 3.05) is 39.5 Å². The van der Waals surface area contributed by atoms with Crippen LogP contribution in [0.15, 0.2) is 61.0 Å². The second kappa shape index (κ2) is 51.8. The summed E-state index contributed by atoms with van der Waals surface area (Å²) in [6, 6.07) is 11.1. The third kappa shape index (κ3) is 38.6. The van der Waals surface area contributed by atoms with Crippen molar-refractivity contribution < 1.29 is 28.5 Å². The Bertz CT molecular complexity index is 1580. The Morgan fingerprint density at radius 1 is 0.316 bits per heavy atom. The standard InChI is InChI=1S/C68H116N2O6/c1-5-9-13-17-21-25-29-33-37-41-55-73-65-47-45-61(59-67(65)75-57-43-39-35-31-27-23-19-15-11-7-3)63(71)49-51-69-53-54-70-52-50-64(72)62-46-48-66(74-56-42-38-34-30-26-22-18-14-10-6-2)68(60-62)76-58-44-40-36-32-28-24-20-16-12-8-4/h45-52,59-60,69-70H,5-44,53-58H2,1-4H3/b51-49+,52-50+. The Morgan fingerprint density at radius 2 is 0.539 bits per heavy atom. The number of hydrogen-bond acceptors (Lipinski definition) is 8. The monoisotopic (exact) mass is 1060 g/mol. The largest absolute Gasteiger partial charge is 0.490 e. The van der Waals surface area contributed by atoms with Gasteiger partial charge in [0.25, 0.3) is 0 Å². The van der Waals surface area contributed by atoms with Gasteiger partial charge in [0, 0.05) is 48.8 Å². The number of allylic oxidation sites excluding steroid dienone is 2. The molecule has 76 heavy (non-hydrogen) atoms. The third-order valence-corrected chi connectivity index (χ3v) is 14.6. The molecule has 0 radical (unpaired) electrons. The lowest BCUT2D eigenvalue weighted by molar-refractivity contribution is 0.103. The van der Waals surface area contributed by atoms with Gasteiger partial charge in [0.2, 0.25) is 0 Å². The van der Waals surface area contributed by atoms with Gasteiger partial charge in [-0.1, -0.05) is 259 Å². The Morgan fingerprint density at radius 3 is 0.789 bits per heavy atom. The van der Waals surface area contributed by atoms with Crippen LogP contribution in [0, 0.1) is 0 Å². The number of hydrogen-bond donors (Lipinski definition) is 2. The summed E-state index contributed by atoms with van der Waals surface area (Å²) in [5.74, 6) is 2.54. The minimum absolute atomic E-state index is 0.0990. The molecule has 0 fully saturated rings. The highest BCUT2D eigenvalue weighted by Gasteiger charge is 2.13. The molecular weight excluding hydrogens is 941 g/mol. The van der Waals surface area contributed by atoms with Gasteiger partial charge in [-0.2, -0.15) is 0 Å². The zero-order chi connectivity index (χ0) is 54.5. The molecule has 0 aliphatic heterocycles. The maximum absolute atomic E-state index is 13.3. The number of carbonyl (C=O) groups excluding carboxylic acids is 2. The fourth-order valence-electron chi connectivity index (χ4n) is 9.65. The second-order valence-electron chi connectivity index (χ2n) is 21.7. The first-order chi connectivity index (χ1) is 37.5. The first kappa shape index (κ1) is 68.2. The molecule has 0 saturated carbocycles. The molecule has 0 amide bonds. The number of carbonyl (C=O) groups is 2. The summed E-state index contributed by atoms with van der Waals surface area (Å²) in [5.41, 5.74) is 1.14. The summed E-state index contributed by atoms with van der Waals surface area (Å²) in [6.07, 6.45) is 57.6. The van der Waals surface area contributed by atoms with Crippen LogP contribution in [0.25, 0.3) is 0 Å². The van der Waals surface area contributed by atoms with Crippen LogP contribution in [-0.2, 0) is 0 Å². The molecule has 0 saturated heterocycles. The van der Waals surface area contributed by atoms with Crippen LogP contribution < -0.4 is 29.6 Å². The molecule has 0 bridgehead atoms. The number of ether oxygens (including phenoxy) is 4. The van der Waals surface area contributed by atoms with Crippen molar-refractivity contribution in [3.63, 3.8) is 0 Å². The zero-order valence-electron chi connectivity index (χ0n) is 49.7. The van der Waals surface area contributed by atoms with E-state index in [0.717, 1.165) is 38.5 Å². The van der Waals surface area contributed by atoms with Crippen molar-refractivity contribution in [2.45, 2.75) is 285 Å². The Kier molecular flexibility index (Phi) is 46.5. The molecule has 0 aliphatic rings. The minimum Gasteiger partial charge on any atom is -0.490 e. The molecule has 2 rings (SSSR count). The topological polar surface area (TPSA) is 95.1 Å². The molecule has 434 valence electrons. The van der Waals surface area contributed by atoms with Gasteiger partial charge in [-0.25, -0.2) is 0 Å². The number of unbranched alkanes of at least 4 members (excludes halogenated alkanes) is 36. The molecule has 2 aromatic rings. The van der Waals surface area contributed by atoms with Crippen LogP contribution in [0.5, 0.6) is 23.0 Å². The number of ketones is 2. The van der Waals surface area contributed by atoms with Crippen LogP contribution in [0.3, 0.4) is 0 Å². The summed E-state index contributed by atoms with van der Waals surface area (Å²) in [4.78, 5) is 26.6. The highest BCUT2D eigenvalue weighted by molar-refractivity contribution is 6.05. The molecule has 0 heterocycles. The number of nitrogens with one attached hydrogen (secondary N) is 2. The zero-order valence-corrected chi connectivity index (χ0v) is 49.7. The molecule has 8 heteroatoms. The van der Waals surface area contributed by atoms with Crippen LogP contribution in [0.2, 0.25) is 0 Å². The highest BCUT2D eigenvalue weighted by atomic mass is 16.5. The summed E-state index contributed by atoms with van der Waals surface area (Å²) in [6.45, 7) is 12.8. The van der Waals surface area contributed by atoms with Gasteiger partial charge in [0.05, 0.1) is 26.4 Å². The van der Waals surface area contributed by atoms with Crippen molar-refractivity contribution in [1.29, 1.82) is 0 Å². The molecule has 0 spiro atoms. The highest BCUT2D eigenvalue weighted by Crippen LogP contribution is 2.31. The van der Waals surface area contributed by atoms with Crippen LogP contribution in [-0.4, -0.2) is 51.1 Å². The molecule has 2 N–H and O–H groups in total. The molecule has 0 atom stereocenters. The van der Waals surface area contributed by atoms with E-state index in [-0.39, 0.29) is 11.6 Å². The maximum Gasteiger partial charge on any atom is 0.187 e. The van der Waals surface area contributed by atoms with E-state index in [1.165, 1.54) is 218 Å². The minimum atomic E-state index is -0.0990. The van der Waals surface area contributed by atoms with Gasteiger partial charge < -0.3 is 29.6 Å². The van der Waals surface area contributed by atoms with E-state index in [9.17, 15) is 9.59 Å². The van der Waals surface area contributed by atoms with Gasteiger partial charge in [-0.15, -0.1) is 0 Å². The van der Waals surface area contributed by atoms with E-state index in [0.29, 0.717) is 73.6 Å². The molecule has 0 unspecified atom stereocenters. The third-order valence-electron chi connectivity index (χ3n) is 14.6. The smallest absolute Gasteiger partial charge is 0.187 e. The molecule has 8 nitrogen and oxygen atoms in total. The first-order valence-electron chi connectivity index (χ1n) is 32.2. The Balaban J connectivity index is 1.86. The maximum atomic E-state index is 13.3. The van der Waals surface area contributed by atoms with E-state index in [2.05, 4.69) is 38.3 Å². The fourth-order valence-corrected chi connectivity index (χ4v) is 9.65. The lowest BCUT2D eigenvalue weighted by Gasteiger charge is -2.14.